The molecule has 27 heavy (non-hydrogen) atoms. The molecule has 3 aliphatic rings. The zero-order chi connectivity index (χ0) is 18.6. The Bertz CT molecular complexity index is 664. The zero-order valence-electron chi connectivity index (χ0n) is 16.1. The SMILES string of the molecule is CCN=C(NC1CC1c1ccccc1)N1CCN(C(=O)C2CCCO2)CC1. The fraction of sp³-hybridized carbons (Fsp3) is 0.619. The van der Waals surface area contributed by atoms with Crippen molar-refractivity contribution in [1.29, 1.82) is 0 Å². The quantitative estimate of drug-likeness (QED) is 0.649. The number of hydrogen-bond acceptors (Lipinski definition) is 3. The number of nitrogens with one attached hydrogen (secondary N) is 1. The van der Waals surface area contributed by atoms with Crippen LogP contribution in [0.5, 0.6) is 0 Å². The minimum absolute atomic E-state index is 0.167. The molecule has 3 unspecified atom stereocenters. The first-order chi connectivity index (χ1) is 13.3. The second kappa shape index (κ2) is 8.30. The number of nitrogens with zero attached hydrogens (tertiary/aromatic N) is 3. The van der Waals surface area contributed by atoms with Crippen LogP contribution < -0.4 is 5.32 Å². The van der Waals surface area contributed by atoms with E-state index in [1.165, 1.54) is 5.56 Å². The van der Waals surface area contributed by atoms with Crippen LogP contribution in [0.3, 0.4) is 0 Å². The number of benzene rings is 1. The van der Waals surface area contributed by atoms with Gasteiger partial charge >= 0.3 is 0 Å². The van der Waals surface area contributed by atoms with Gasteiger partial charge in [0, 0.05) is 51.3 Å². The second-order valence-electron chi connectivity index (χ2n) is 7.62. The molecule has 1 aliphatic carbocycles. The maximum absolute atomic E-state index is 12.5. The first-order valence-corrected chi connectivity index (χ1v) is 10.3. The van der Waals surface area contributed by atoms with Crippen LogP contribution in [-0.2, 0) is 9.53 Å². The molecule has 6 nitrogen and oxygen atoms in total. The summed E-state index contributed by atoms with van der Waals surface area (Å²) in [7, 11) is 0. The van der Waals surface area contributed by atoms with Crippen LogP contribution in [0.15, 0.2) is 35.3 Å². The number of amides is 1. The number of ether oxygens (including phenoxy) is 1. The number of carbonyl (C=O) groups is 1. The minimum atomic E-state index is -0.212. The predicted molar refractivity (Wildman–Crippen MR) is 106 cm³/mol. The van der Waals surface area contributed by atoms with Crippen molar-refractivity contribution in [3.05, 3.63) is 35.9 Å². The molecule has 1 saturated carbocycles. The third-order valence-electron chi connectivity index (χ3n) is 5.74. The molecule has 2 heterocycles. The van der Waals surface area contributed by atoms with Gasteiger partial charge in [-0.05, 0) is 31.7 Å². The highest BCUT2D eigenvalue weighted by Crippen LogP contribution is 2.40. The summed E-state index contributed by atoms with van der Waals surface area (Å²) in [4.78, 5) is 21.5. The molecule has 0 radical (unpaired) electrons. The highest BCUT2D eigenvalue weighted by Gasteiger charge is 2.40. The molecule has 1 N–H and O–H groups in total. The lowest BCUT2D eigenvalue weighted by atomic mass is 10.1. The molecule has 1 aromatic rings. The van der Waals surface area contributed by atoms with Crippen molar-refractivity contribution in [1.82, 2.24) is 15.1 Å². The third-order valence-corrected chi connectivity index (χ3v) is 5.74. The fourth-order valence-corrected chi connectivity index (χ4v) is 4.09. The monoisotopic (exact) mass is 370 g/mol. The summed E-state index contributed by atoms with van der Waals surface area (Å²) in [6.07, 6.45) is 2.81. The highest BCUT2D eigenvalue weighted by molar-refractivity contribution is 5.83. The van der Waals surface area contributed by atoms with Crippen molar-refractivity contribution in [3.8, 4) is 0 Å². The molecule has 146 valence electrons. The third kappa shape index (κ3) is 4.26. The first kappa shape index (κ1) is 18.3. The number of rotatable bonds is 4. The minimum Gasteiger partial charge on any atom is -0.368 e. The molecular weight excluding hydrogens is 340 g/mol. The summed E-state index contributed by atoms with van der Waals surface area (Å²) in [5, 5.41) is 3.66. The number of aliphatic imine (C=N–C) groups is 1. The fourth-order valence-electron chi connectivity index (χ4n) is 4.09. The Hall–Kier alpha value is -2.08. The topological polar surface area (TPSA) is 57.2 Å². The van der Waals surface area contributed by atoms with Crippen LogP contribution in [0.2, 0.25) is 0 Å². The molecule has 3 fully saturated rings. The normalized spacial score (nSPS) is 28.3. The number of piperazine rings is 1. The van der Waals surface area contributed by atoms with Gasteiger partial charge in [-0.15, -0.1) is 0 Å². The van der Waals surface area contributed by atoms with Crippen molar-refractivity contribution in [3.63, 3.8) is 0 Å². The summed E-state index contributed by atoms with van der Waals surface area (Å²) in [5.41, 5.74) is 1.40. The van der Waals surface area contributed by atoms with Gasteiger partial charge < -0.3 is 19.9 Å². The van der Waals surface area contributed by atoms with E-state index in [0.29, 0.717) is 12.0 Å². The first-order valence-electron chi connectivity index (χ1n) is 10.3. The lowest BCUT2D eigenvalue weighted by Crippen LogP contribution is -2.55. The maximum atomic E-state index is 12.5. The molecule has 2 saturated heterocycles. The summed E-state index contributed by atoms with van der Waals surface area (Å²) >= 11 is 0. The molecular formula is C21H30N4O2. The van der Waals surface area contributed by atoms with Crippen LogP contribution in [0.4, 0.5) is 0 Å². The standard InChI is InChI=1S/C21H30N4O2/c1-2-22-21(23-18-15-17(18)16-7-4-3-5-8-16)25-12-10-24(11-13-25)20(26)19-9-6-14-27-19/h3-5,7-8,17-19H,2,6,9-15H2,1H3,(H,22,23). The van der Waals surface area contributed by atoms with Gasteiger partial charge in [0.2, 0.25) is 0 Å². The zero-order valence-corrected chi connectivity index (χ0v) is 16.1. The Morgan fingerprint density at radius 1 is 1.19 bits per heavy atom. The average Bonchev–Trinajstić information content (AvgIpc) is 3.26. The largest absolute Gasteiger partial charge is 0.368 e. The van der Waals surface area contributed by atoms with E-state index in [9.17, 15) is 4.79 Å². The Balaban J connectivity index is 1.30. The number of carbonyl (C=O) groups excluding carboxylic acids is 1. The van der Waals surface area contributed by atoms with Gasteiger partial charge in [0.1, 0.15) is 6.10 Å². The summed E-state index contributed by atoms with van der Waals surface area (Å²) in [5.74, 6) is 1.74. The van der Waals surface area contributed by atoms with Gasteiger partial charge in [-0.1, -0.05) is 30.3 Å². The van der Waals surface area contributed by atoms with Crippen LogP contribution in [0, 0.1) is 0 Å². The van der Waals surface area contributed by atoms with E-state index in [-0.39, 0.29) is 12.0 Å². The lowest BCUT2D eigenvalue weighted by molar-refractivity contribution is -0.142. The summed E-state index contributed by atoms with van der Waals surface area (Å²) in [6, 6.07) is 11.2. The van der Waals surface area contributed by atoms with Gasteiger partial charge in [0.05, 0.1) is 0 Å². The lowest BCUT2D eigenvalue weighted by Gasteiger charge is -2.37. The van der Waals surface area contributed by atoms with E-state index < -0.39 is 0 Å². The van der Waals surface area contributed by atoms with E-state index in [4.69, 9.17) is 9.73 Å². The number of hydrogen-bond donors (Lipinski definition) is 1. The van der Waals surface area contributed by atoms with E-state index in [1.54, 1.807) is 0 Å². The van der Waals surface area contributed by atoms with Crippen LogP contribution >= 0.6 is 0 Å². The van der Waals surface area contributed by atoms with Crippen LogP contribution in [0.1, 0.15) is 37.7 Å². The van der Waals surface area contributed by atoms with Crippen molar-refractivity contribution in [2.45, 2.75) is 44.2 Å². The van der Waals surface area contributed by atoms with Crippen molar-refractivity contribution >= 4 is 11.9 Å². The molecule has 1 amide bonds. The maximum Gasteiger partial charge on any atom is 0.251 e. The smallest absolute Gasteiger partial charge is 0.251 e. The van der Waals surface area contributed by atoms with E-state index in [0.717, 1.165) is 64.6 Å². The van der Waals surface area contributed by atoms with Gasteiger partial charge in [0.25, 0.3) is 5.91 Å². The Morgan fingerprint density at radius 3 is 2.59 bits per heavy atom. The Kier molecular flexibility index (Phi) is 5.62. The van der Waals surface area contributed by atoms with Gasteiger partial charge in [-0.2, -0.15) is 0 Å². The molecule has 6 heteroatoms. The Labute approximate surface area is 161 Å². The molecule has 0 bridgehead atoms. The van der Waals surface area contributed by atoms with Gasteiger partial charge in [-0.3, -0.25) is 9.79 Å². The van der Waals surface area contributed by atoms with Crippen LogP contribution in [0.25, 0.3) is 0 Å². The van der Waals surface area contributed by atoms with Crippen molar-refractivity contribution in [2.24, 2.45) is 4.99 Å². The molecule has 1 aromatic carbocycles. The van der Waals surface area contributed by atoms with Gasteiger partial charge in [-0.25, -0.2) is 0 Å². The Morgan fingerprint density at radius 2 is 1.93 bits per heavy atom. The molecule has 2 aliphatic heterocycles. The van der Waals surface area contributed by atoms with Crippen molar-refractivity contribution in [2.75, 3.05) is 39.3 Å². The average molecular weight is 370 g/mol. The van der Waals surface area contributed by atoms with E-state index in [1.807, 2.05) is 4.90 Å². The second-order valence-corrected chi connectivity index (χ2v) is 7.62. The molecule has 0 aromatic heterocycles. The predicted octanol–water partition coefficient (Wildman–Crippen LogP) is 1.83. The van der Waals surface area contributed by atoms with Crippen LogP contribution in [-0.4, -0.2) is 73.1 Å². The summed E-state index contributed by atoms with van der Waals surface area (Å²) < 4.78 is 5.55. The van der Waals surface area contributed by atoms with E-state index in [2.05, 4.69) is 47.5 Å². The molecule has 4 rings (SSSR count). The highest BCUT2D eigenvalue weighted by atomic mass is 16.5. The van der Waals surface area contributed by atoms with Crippen molar-refractivity contribution < 1.29 is 9.53 Å². The van der Waals surface area contributed by atoms with E-state index >= 15 is 0 Å². The molecule has 3 atom stereocenters. The number of guanidine groups is 1. The summed E-state index contributed by atoms with van der Waals surface area (Å²) in [6.45, 7) is 6.70. The van der Waals surface area contributed by atoms with Gasteiger partial charge in [0.15, 0.2) is 5.96 Å². The molecule has 0 spiro atoms.